The molecular weight excluding hydrogens is 264 g/mol. The van der Waals surface area contributed by atoms with E-state index in [1.165, 1.54) is 0 Å². The van der Waals surface area contributed by atoms with Crippen molar-refractivity contribution in [3.8, 4) is 17.1 Å². The molecule has 0 fully saturated rings. The van der Waals surface area contributed by atoms with Gasteiger partial charge in [0.2, 0.25) is 5.82 Å². The zero-order valence-corrected chi connectivity index (χ0v) is 11.6. The Labute approximate surface area is 122 Å². The van der Waals surface area contributed by atoms with Gasteiger partial charge in [-0.1, -0.05) is 35.5 Å². The molecule has 0 saturated carbocycles. The van der Waals surface area contributed by atoms with Crippen LogP contribution >= 0.6 is 0 Å². The number of benzene rings is 2. The second kappa shape index (κ2) is 6.05. The van der Waals surface area contributed by atoms with Gasteiger partial charge in [-0.3, -0.25) is 0 Å². The lowest BCUT2D eigenvalue weighted by atomic mass is 10.2. The van der Waals surface area contributed by atoms with Gasteiger partial charge in [-0.2, -0.15) is 4.98 Å². The largest absolute Gasteiger partial charge is 0.497 e. The molecule has 0 saturated heterocycles. The van der Waals surface area contributed by atoms with Crippen LogP contribution in [0.5, 0.6) is 5.75 Å². The van der Waals surface area contributed by atoms with Gasteiger partial charge in [-0.25, -0.2) is 0 Å². The lowest BCUT2D eigenvalue weighted by Gasteiger charge is -1.98. The average Bonchev–Trinajstić information content (AvgIpc) is 3.03. The van der Waals surface area contributed by atoms with Crippen LogP contribution in [-0.2, 0) is 0 Å². The van der Waals surface area contributed by atoms with Crippen LogP contribution in [0.1, 0.15) is 11.5 Å². The molecule has 0 aliphatic carbocycles. The summed E-state index contributed by atoms with van der Waals surface area (Å²) in [7, 11) is 1.63. The van der Waals surface area contributed by atoms with E-state index in [2.05, 4.69) is 10.1 Å². The zero-order valence-electron chi connectivity index (χ0n) is 11.6. The number of ether oxygens (including phenoxy) is 1. The second-order valence-electron chi connectivity index (χ2n) is 4.43. The molecule has 0 atom stereocenters. The molecular formula is C17H14N2O2. The Balaban J connectivity index is 1.78. The van der Waals surface area contributed by atoms with Crippen molar-refractivity contribution in [3.63, 3.8) is 0 Å². The summed E-state index contributed by atoms with van der Waals surface area (Å²) in [6, 6.07) is 17.5. The maximum atomic E-state index is 5.22. The van der Waals surface area contributed by atoms with Crippen molar-refractivity contribution in [2.75, 3.05) is 7.11 Å². The van der Waals surface area contributed by atoms with E-state index in [1.807, 2.05) is 60.7 Å². The van der Waals surface area contributed by atoms with Crippen molar-refractivity contribution in [1.82, 2.24) is 10.1 Å². The van der Waals surface area contributed by atoms with E-state index < -0.39 is 0 Å². The molecule has 0 spiro atoms. The minimum Gasteiger partial charge on any atom is -0.497 e. The Morgan fingerprint density at radius 2 is 1.71 bits per heavy atom. The molecule has 0 N–H and O–H groups in total. The molecule has 3 rings (SSSR count). The first-order valence-corrected chi connectivity index (χ1v) is 6.56. The minimum absolute atomic E-state index is 0.477. The molecule has 1 aromatic heterocycles. The molecule has 0 radical (unpaired) electrons. The van der Waals surface area contributed by atoms with Crippen LogP contribution in [0.4, 0.5) is 0 Å². The van der Waals surface area contributed by atoms with Crippen molar-refractivity contribution in [2.45, 2.75) is 0 Å². The van der Waals surface area contributed by atoms with Crippen molar-refractivity contribution in [2.24, 2.45) is 0 Å². The third-order valence-corrected chi connectivity index (χ3v) is 3.01. The Morgan fingerprint density at radius 1 is 0.952 bits per heavy atom. The van der Waals surface area contributed by atoms with Crippen LogP contribution in [-0.4, -0.2) is 17.3 Å². The SMILES string of the molecule is COc1ccc(-c2noc(/C=C/c3ccccc3)n2)cc1. The normalized spacial score (nSPS) is 10.9. The van der Waals surface area contributed by atoms with Gasteiger partial charge in [-0.05, 0) is 35.9 Å². The molecule has 21 heavy (non-hydrogen) atoms. The quantitative estimate of drug-likeness (QED) is 0.725. The third kappa shape index (κ3) is 3.17. The summed E-state index contributed by atoms with van der Waals surface area (Å²) >= 11 is 0. The van der Waals surface area contributed by atoms with Crippen LogP contribution in [0.2, 0.25) is 0 Å². The van der Waals surface area contributed by atoms with Gasteiger partial charge in [-0.15, -0.1) is 0 Å². The van der Waals surface area contributed by atoms with Crippen LogP contribution in [0.25, 0.3) is 23.5 Å². The molecule has 3 aromatic rings. The van der Waals surface area contributed by atoms with E-state index in [0.29, 0.717) is 11.7 Å². The number of nitrogens with zero attached hydrogens (tertiary/aromatic N) is 2. The van der Waals surface area contributed by atoms with Gasteiger partial charge in [0.05, 0.1) is 7.11 Å². The molecule has 0 aliphatic heterocycles. The molecule has 1 heterocycles. The topological polar surface area (TPSA) is 48.2 Å². The predicted molar refractivity (Wildman–Crippen MR) is 81.7 cm³/mol. The van der Waals surface area contributed by atoms with E-state index >= 15 is 0 Å². The first kappa shape index (κ1) is 13.1. The Kier molecular flexibility index (Phi) is 3.78. The standard InChI is InChI=1S/C17H14N2O2/c1-20-15-10-8-14(9-11-15)17-18-16(21-19-17)12-7-13-5-3-2-4-6-13/h2-12H,1H3/b12-7+. The third-order valence-electron chi connectivity index (χ3n) is 3.01. The van der Waals surface area contributed by atoms with Crippen molar-refractivity contribution in [1.29, 1.82) is 0 Å². The highest BCUT2D eigenvalue weighted by atomic mass is 16.5. The van der Waals surface area contributed by atoms with Crippen molar-refractivity contribution >= 4 is 12.2 Å². The van der Waals surface area contributed by atoms with Crippen LogP contribution < -0.4 is 4.74 Å². The monoisotopic (exact) mass is 278 g/mol. The fourth-order valence-electron chi connectivity index (χ4n) is 1.89. The van der Waals surface area contributed by atoms with E-state index in [4.69, 9.17) is 9.26 Å². The first-order valence-electron chi connectivity index (χ1n) is 6.56. The highest BCUT2D eigenvalue weighted by molar-refractivity contribution is 5.66. The number of rotatable bonds is 4. The maximum absolute atomic E-state index is 5.22. The summed E-state index contributed by atoms with van der Waals surface area (Å²) in [4.78, 5) is 4.35. The lowest BCUT2D eigenvalue weighted by molar-refractivity contribution is 0.411. The minimum atomic E-state index is 0.477. The van der Waals surface area contributed by atoms with Gasteiger partial charge in [0, 0.05) is 11.6 Å². The molecule has 4 nitrogen and oxygen atoms in total. The molecule has 0 bridgehead atoms. The van der Waals surface area contributed by atoms with Gasteiger partial charge >= 0.3 is 0 Å². The van der Waals surface area contributed by atoms with Crippen molar-refractivity contribution < 1.29 is 9.26 Å². The fourth-order valence-corrected chi connectivity index (χ4v) is 1.89. The summed E-state index contributed by atoms with van der Waals surface area (Å²) in [6.07, 6.45) is 3.74. The molecule has 4 heteroatoms. The second-order valence-corrected chi connectivity index (χ2v) is 4.43. The van der Waals surface area contributed by atoms with Crippen molar-refractivity contribution in [3.05, 3.63) is 66.1 Å². The van der Waals surface area contributed by atoms with Gasteiger partial charge < -0.3 is 9.26 Å². The number of aromatic nitrogens is 2. The summed E-state index contributed by atoms with van der Waals surface area (Å²) in [6.45, 7) is 0. The van der Waals surface area contributed by atoms with Gasteiger partial charge in [0.15, 0.2) is 0 Å². The van der Waals surface area contributed by atoms with E-state index in [-0.39, 0.29) is 0 Å². The van der Waals surface area contributed by atoms with E-state index in [9.17, 15) is 0 Å². The Bertz CT molecular complexity index is 731. The summed E-state index contributed by atoms with van der Waals surface area (Å²) in [5.74, 6) is 1.83. The molecule has 104 valence electrons. The zero-order chi connectivity index (χ0) is 14.5. The van der Waals surface area contributed by atoms with E-state index in [1.54, 1.807) is 13.2 Å². The molecule has 0 amide bonds. The average molecular weight is 278 g/mol. The first-order chi connectivity index (χ1) is 10.3. The number of methoxy groups -OCH3 is 1. The van der Waals surface area contributed by atoms with Gasteiger partial charge in [0.25, 0.3) is 5.89 Å². The lowest BCUT2D eigenvalue weighted by Crippen LogP contribution is -1.84. The van der Waals surface area contributed by atoms with Crippen LogP contribution in [0.3, 0.4) is 0 Å². The summed E-state index contributed by atoms with van der Waals surface area (Å²) in [5, 5.41) is 3.98. The molecule has 0 unspecified atom stereocenters. The van der Waals surface area contributed by atoms with Crippen LogP contribution in [0.15, 0.2) is 59.1 Å². The molecule has 0 aliphatic rings. The highest BCUT2D eigenvalue weighted by Crippen LogP contribution is 2.20. The fraction of sp³-hybridized carbons (Fsp3) is 0.0588. The summed E-state index contributed by atoms with van der Waals surface area (Å²) < 4.78 is 10.3. The number of hydrogen-bond acceptors (Lipinski definition) is 4. The Hall–Kier alpha value is -2.88. The number of hydrogen-bond donors (Lipinski definition) is 0. The van der Waals surface area contributed by atoms with Gasteiger partial charge in [0.1, 0.15) is 5.75 Å². The van der Waals surface area contributed by atoms with Crippen LogP contribution in [0, 0.1) is 0 Å². The predicted octanol–water partition coefficient (Wildman–Crippen LogP) is 3.92. The maximum Gasteiger partial charge on any atom is 0.250 e. The smallest absolute Gasteiger partial charge is 0.250 e. The molecule has 2 aromatic carbocycles. The summed E-state index contributed by atoms with van der Waals surface area (Å²) in [5.41, 5.74) is 1.97. The Morgan fingerprint density at radius 3 is 2.43 bits per heavy atom. The van der Waals surface area contributed by atoms with E-state index in [0.717, 1.165) is 16.9 Å². The highest BCUT2D eigenvalue weighted by Gasteiger charge is 2.06.